The molecule has 0 saturated heterocycles. The summed E-state index contributed by atoms with van der Waals surface area (Å²) in [5.74, 6) is -1.53. The van der Waals surface area contributed by atoms with Crippen molar-refractivity contribution in [1.82, 2.24) is 4.98 Å². The third-order valence-electron chi connectivity index (χ3n) is 4.05. The van der Waals surface area contributed by atoms with E-state index in [0.717, 1.165) is 5.56 Å². The molecule has 3 aromatic rings. The molecule has 4 N–H and O–H groups in total. The van der Waals surface area contributed by atoms with Gasteiger partial charge in [-0.2, -0.15) is 0 Å². The topological polar surface area (TPSA) is 96.2 Å². The molecule has 0 aliphatic carbocycles. The Balaban J connectivity index is 2.35. The normalized spacial score (nSPS) is 12.2. The molecule has 5 nitrogen and oxygen atoms in total. The number of aromatic amines is 1. The summed E-state index contributed by atoms with van der Waals surface area (Å²) in [7, 11) is 0. The van der Waals surface area contributed by atoms with E-state index in [1.807, 2.05) is 37.3 Å². The molecule has 0 fully saturated rings. The van der Waals surface area contributed by atoms with E-state index >= 15 is 0 Å². The smallest absolute Gasteiger partial charge is 0.352 e. The fourth-order valence-electron chi connectivity index (χ4n) is 2.84. The van der Waals surface area contributed by atoms with E-state index in [4.69, 9.17) is 5.73 Å². The summed E-state index contributed by atoms with van der Waals surface area (Å²) < 4.78 is 0. The first-order valence-corrected chi connectivity index (χ1v) is 7.23. The minimum Gasteiger partial charge on any atom is -0.477 e. The predicted molar refractivity (Wildman–Crippen MR) is 89.9 cm³/mol. The summed E-state index contributed by atoms with van der Waals surface area (Å²) in [6, 6.07) is 14.3. The number of anilines is 1. The second kappa shape index (κ2) is 5.61. The van der Waals surface area contributed by atoms with Gasteiger partial charge in [-0.05, 0) is 17.7 Å². The Hall–Kier alpha value is -3.08. The molecule has 1 aromatic heterocycles. The maximum Gasteiger partial charge on any atom is 0.352 e. The number of carboxylic acid groups (broad SMARTS) is 1. The van der Waals surface area contributed by atoms with Crippen molar-refractivity contribution in [2.75, 3.05) is 5.73 Å². The Kier molecular flexibility index (Phi) is 3.62. The van der Waals surface area contributed by atoms with Crippen LogP contribution < -0.4 is 11.2 Å². The van der Waals surface area contributed by atoms with Gasteiger partial charge in [-0.3, -0.25) is 4.79 Å². The van der Waals surface area contributed by atoms with E-state index in [-0.39, 0.29) is 22.6 Å². The molecule has 2 aromatic carbocycles. The summed E-state index contributed by atoms with van der Waals surface area (Å²) >= 11 is 0. The molecule has 3 rings (SSSR count). The zero-order valence-electron chi connectivity index (χ0n) is 12.5. The van der Waals surface area contributed by atoms with Crippen LogP contribution in [0, 0.1) is 0 Å². The molecule has 0 bridgehead atoms. The zero-order chi connectivity index (χ0) is 16.6. The van der Waals surface area contributed by atoms with Gasteiger partial charge >= 0.3 is 5.97 Å². The minimum atomic E-state index is -1.18. The molecule has 23 heavy (non-hydrogen) atoms. The van der Waals surface area contributed by atoms with Crippen molar-refractivity contribution in [3.63, 3.8) is 0 Å². The van der Waals surface area contributed by atoms with Gasteiger partial charge in [-0.1, -0.05) is 43.3 Å². The molecule has 1 heterocycles. The summed E-state index contributed by atoms with van der Waals surface area (Å²) in [6.45, 7) is 1.82. The maximum absolute atomic E-state index is 12.9. The number of benzene rings is 2. The quantitative estimate of drug-likeness (QED) is 0.648. The van der Waals surface area contributed by atoms with Gasteiger partial charge in [-0.25, -0.2) is 4.79 Å². The van der Waals surface area contributed by atoms with Gasteiger partial charge in [0, 0.05) is 16.9 Å². The van der Waals surface area contributed by atoms with Crippen molar-refractivity contribution in [1.29, 1.82) is 0 Å². The lowest BCUT2D eigenvalue weighted by Crippen LogP contribution is -2.21. The molecule has 0 aliphatic rings. The predicted octanol–water partition coefficient (Wildman–Crippen LogP) is 2.96. The van der Waals surface area contributed by atoms with Crippen LogP contribution in [0.1, 0.15) is 34.5 Å². The number of hydrogen-bond acceptors (Lipinski definition) is 3. The number of fused-ring (bicyclic) bond motifs is 1. The average molecular weight is 308 g/mol. The van der Waals surface area contributed by atoms with Crippen LogP contribution in [0.3, 0.4) is 0 Å². The van der Waals surface area contributed by atoms with Gasteiger partial charge in [0.1, 0.15) is 5.69 Å². The summed E-state index contributed by atoms with van der Waals surface area (Å²) in [5.41, 5.74) is 7.27. The Morgan fingerprint density at radius 2 is 1.83 bits per heavy atom. The van der Waals surface area contributed by atoms with E-state index in [1.165, 1.54) is 0 Å². The molecule has 0 spiro atoms. The largest absolute Gasteiger partial charge is 0.477 e. The van der Waals surface area contributed by atoms with Gasteiger partial charge < -0.3 is 15.8 Å². The monoisotopic (exact) mass is 308 g/mol. The standard InChI is InChI=1S/C18H16N2O3/c1-10(11-6-3-2-4-7-11)14-16(18(22)23)20-15-12(17(14)21)8-5-9-13(15)19/h2-10H,19H2,1H3,(H,20,21)(H,22,23). The molecular weight excluding hydrogens is 292 g/mol. The van der Waals surface area contributed by atoms with Gasteiger partial charge in [0.15, 0.2) is 5.43 Å². The number of carbonyl (C=O) groups is 1. The number of aromatic nitrogens is 1. The Morgan fingerprint density at radius 1 is 1.13 bits per heavy atom. The summed E-state index contributed by atoms with van der Waals surface area (Å²) in [6.07, 6.45) is 0. The highest BCUT2D eigenvalue weighted by molar-refractivity contribution is 5.95. The van der Waals surface area contributed by atoms with Crippen LogP contribution in [0.2, 0.25) is 0 Å². The highest BCUT2D eigenvalue weighted by Crippen LogP contribution is 2.26. The molecule has 0 amide bonds. The molecular formula is C18H16N2O3. The van der Waals surface area contributed by atoms with E-state index in [1.54, 1.807) is 18.2 Å². The van der Waals surface area contributed by atoms with Gasteiger partial charge in [-0.15, -0.1) is 0 Å². The van der Waals surface area contributed by atoms with Crippen LogP contribution in [0.25, 0.3) is 10.9 Å². The van der Waals surface area contributed by atoms with Crippen LogP contribution in [-0.4, -0.2) is 16.1 Å². The lowest BCUT2D eigenvalue weighted by atomic mass is 9.90. The Morgan fingerprint density at radius 3 is 2.48 bits per heavy atom. The lowest BCUT2D eigenvalue weighted by Gasteiger charge is -2.16. The number of para-hydroxylation sites is 1. The van der Waals surface area contributed by atoms with Crippen LogP contribution in [0.4, 0.5) is 5.69 Å². The first-order valence-electron chi connectivity index (χ1n) is 7.23. The van der Waals surface area contributed by atoms with Gasteiger partial charge in [0.2, 0.25) is 0 Å². The van der Waals surface area contributed by atoms with Crippen molar-refractivity contribution in [2.24, 2.45) is 0 Å². The minimum absolute atomic E-state index is 0.114. The lowest BCUT2D eigenvalue weighted by molar-refractivity contribution is 0.0689. The molecule has 0 aliphatic heterocycles. The first-order chi connectivity index (χ1) is 11.0. The van der Waals surface area contributed by atoms with E-state index in [2.05, 4.69) is 4.98 Å². The summed E-state index contributed by atoms with van der Waals surface area (Å²) in [4.78, 5) is 27.4. The maximum atomic E-state index is 12.9. The van der Waals surface area contributed by atoms with Gasteiger partial charge in [0.25, 0.3) is 0 Å². The van der Waals surface area contributed by atoms with E-state index in [9.17, 15) is 14.7 Å². The number of hydrogen-bond donors (Lipinski definition) is 3. The zero-order valence-corrected chi connectivity index (χ0v) is 12.5. The molecule has 0 radical (unpaired) electrons. The molecule has 5 heteroatoms. The number of H-pyrrole nitrogens is 1. The highest BCUT2D eigenvalue weighted by Gasteiger charge is 2.23. The number of carboxylic acids is 1. The van der Waals surface area contributed by atoms with Crippen molar-refractivity contribution < 1.29 is 9.90 Å². The second-order valence-electron chi connectivity index (χ2n) is 5.45. The highest BCUT2D eigenvalue weighted by atomic mass is 16.4. The van der Waals surface area contributed by atoms with E-state index in [0.29, 0.717) is 16.6 Å². The Bertz CT molecular complexity index is 946. The number of nitrogen functional groups attached to an aromatic ring is 1. The van der Waals surface area contributed by atoms with E-state index < -0.39 is 5.97 Å². The fraction of sp³-hybridized carbons (Fsp3) is 0.111. The van der Waals surface area contributed by atoms with Crippen LogP contribution in [-0.2, 0) is 0 Å². The number of nitrogens with one attached hydrogen (secondary N) is 1. The average Bonchev–Trinajstić information content (AvgIpc) is 2.55. The number of rotatable bonds is 3. The second-order valence-corrected chi connectivity index (χ2v) is 5.45. The third-order valence-corrected chi connectivity index (χ3v) is 4.05. The third kappa shape index (κ3) is 2.46. The van der Waals surface area contributed by atoms with Crippen molar-refractivity contribution in [2.45, 2.75) is 12.8 Å². The van der Waals surface area contributed by atoms with Crippen molar-refractivity contribution in [3.8, 4) is 0 Å². The first kappa shape index (κ1) is 14.8. The molecule has 1 atom stereocenters. The summed E-state index contributed by atoms with van der Waals surface area (Å²) in [5, 5.41) is 9.92. The van der Waals surface area contributed by atoms with Crippen LogP contribution >= 0.6 is 0 Å². The van der Waals surface area contributed by atoms with Gasteiger partial charge in [0.05, 0.1) is 11.2 Å². The number of pyridine rings is 1. The fourth-order valence-corrected chi connectivity index (χ4v) is 2.84. The van der Waals surface area contributed by atoms with Crippen LogP contribution in [0.15, 0.2) is 53.3 Å². The van der Waals surface area contributed by atoms with Crippen molar-refractivity contribution in [3.05, 3.63) is 75.6 Å². The Labute approximate surface area is 132 Å². The van der Waals surface area contributed by atoms with Crippen molar-refractivity contribution >= 4 is 22.6 Å². The van der Waals surface area contributed by atoms with Crippen LogP contribution in [0.5, 0.6) is 0 Å². The molecule has 1 unspecified atom stereocenters. The number of aromatic carboxylic acids is 1. The SMILES string of the molecule is CC(c1ccccc1)c1c(C(=O)O)[nH]c2c(N)cccc2c1=O. The number of nitrogens with two attached hydrogens (primary N) is 1. The molecule has 0 saturated carbocycles. The molecule has 116 valence electrons.